The Morgan fingerprint density at radius 3 is 2.42 bits per heavy atom. The molecule has 1 fully saturated rings. The quantitative estimate of drug-likeness (QED) is 0.659. The Labute approximate surface area is 190 Å². The van der Waals surface area contributed by atoms with Gasteiger partial charge in [-0.1, -0.05) is 50.6 Å². The molecule has 1 N–H and O–H groups in total. The summed E-state index contributed by atoms with van der Waals surface area (Å²) in [7, 11) is -3.70. The molecule has 0 bridgehead atoms. The van der Waals surface area contributed by atoms with E-state index < -0.39 is 15.9 Å². The van der Waals surface area contributed by atoms with Crippen LogP contribution in [0, 0.1) is 0 Å². The van der Waals surface area contributed by atoms with Gasteiger partial charge in [-0.25, -0.2) is 8.42 Å². The van der Waals surface area contributed by atoms with Crippen LogP contribution < -0.4 is 5.32 Å². The maximum Gasteiger partial charge on any atom is 0.257 e. The van der Waals surface area contributed by atoms with Crippen LogP contribution in [0.1, 0.15) is 49.0 Å². The largest absolute Gasteiger partial charge is 0.322 e. The number of carbonyl (C=O) groups excluding carboxylic acids is 1. The molecular weight excluding hydrogens is 434 g/mol. The van der Waals surface area contributed by atoms with Crippen molar-refractivity contribution in [3.05, 3.63) is 58.6 Å². The molecule has 0 spiro atoms. The number of sulfonamides is 1. The van der Waals surface area contributed by atoms with E-state index in [0.717, 1.165) is 18.5 Å². The normalized spacial score (nSPS) is 16.8. The lowest BCUT2D eigenvalue weighted by atomic mass is 9.97. The van der Waals surface area contributed by atoms with E-state index in [1.807, 2.05) is 24.3 Å². The number of anilines is 1. The second-order valence-corrected chi connectivity index (χ2v) is 10.2. The molecule has 31 heavy (non-hydrogen) atoms. The van der Waals surface area contributed by atoms with Crippen molar-refractivity contribution in [3.63, 3.8) is 0 Å². The van der Waals surface area contributed by atoms with Crippen LogP contribution in [0.2, 0.25) is 5.02 Å². The Hall–Kier alpha value is -1.93. The van der Waals surface area contributed by atoms with Crippen molar-refractivity contribution in [2.75, 3.05) is 38.0 Å². The Kier molecular flexibility index (Phi) is 7.75. The summed E-state index contributed by atoms with van der Waals surface area (Å²) in [6.07, 6.45) is 0.937. The van der Waals surface area contributed by atoms with Gasteiger partial charge in [0.1, 0.15) is 0 Å². The van der Waals surface area contributed by atoms with Gasteiger partial charge in [-0.3, -0.25) is 4.79 Å². The first-order valence-corrected chi connectivity index (χ1v) is 12.5. The van der Waals surface area contributed by atoms with Crippen LogP contribution in [-0.4, -0.2) is 56.3 Å². The topological polar surface area (TPSA) is 69.7 Å². The van der Waals surface area contributed by atoms with Gasteiger partial charge in [0.25, 0.3) is 5.91 Å². The van der Waals surface area contributed by atoms with Gasteiger partial charge in [0.05, 0.1) is 15.5 Å². The summed E-state index contributed by atoms with van der Waals surface area (Å²) in [6, 6.07) is 12.0. The fourth-order valence-electron chi connectivity index (χ4n) is 3.72. The van der Waals surface area contributed by atoms with E-state index in [-0.39, 0.29) is 21.4 Å². The molecular formula is C23H30ClN3O3S. The molecule has 0 radical (unpaired) electrons. The lowest BCUT2D eigenvalue weighted by Gasteiger charge is -2.33. The molecule has 2 aromatic rings. The van der Waals surface area contributed by atoms with E-state index in [2.05, 4.69) is 31.0 Å². The number of piperazine rings is 1. The number of para-hydroxylation sites is 1. The Bertz CT molecular complexity index is 1030. The first-order chi connectivity index (χ1) is 14.8. The zero-order valence-corrected chi connectivity index (χ0v) is 19.8. The molecule has 2 aromatic carbocycles. The van der Waals surface area contributed by atoms with Gasteiger partial charge in [-0.05, 0) is 48.7 Å². The summed E-state index contributed by atoms with van der Waals surface area (Å²) in [5.74, 6) is -0.144. The van der Waals surface area contributed by atoms with Gasteiger partial charge in [-0.2, -0.15) is 4.31 Å². The Balaban J connectivity index is 1.86. The fourth-order valence-corrected chi connectivity index (χ4v) is 5.38. The van der Waals surface area contributed by atoms with Crippen molar-refractivity contribution in [2.45, 2.75) is 38.0 Å². The van der Waals surface area contributed by atoms with Crippen LogP contribution in [0.15, 0.2) is 47.4 Å². The summed E-state index contributed by atoms with van der Waals surface area (Å²) >= 11 is 6.28. The van der Waals surface area contributed by atoms with Crippen LogP contribution in [0.25, 0.3) is 0 Å². The number of amides is 1. The molecule has 0 aromatic heterocycles. The second-order valence-electron chi connectivity index (χ2n) is 7.83. The second kappa shape index (κ2) is 10.1. The Morgan fingerprint density at radius 2 is 1.77 bits per heavy atom. The molecule has 6 nitrogen and oxygen atoms in total. The number of carbonyl (C=O) groups is 1. The minimum Gasteiger partial charge on any atom is -0.322 e. The van der Waals surface area contributed by atoms with Crippen LogP contribution in [0.5, 0.6) is 0 Å². The van der Waals surface area contributed by atoms with E-state index in [0.29, 0.717) is 31.9 Å². The van der Waals surface area contributed by atoms with Crippen LogP contribution in [0.3, 0.4) is 0 Å². The van der Waals surface area contributed by atoms with Crippen molar-refractivity contribution in [1.29, 1.82) is 0 Å². The molecule has 1 aliphatic heterocycles. The Morgan fingerprint density at radius 1 is 1.10 bits per heavy atom. The molecule has 1 heterocycles. The summed E-state index contributed by atoms with van der Waals surface area (Å²) < 4.78 is 27.8. The molecule has 0 saturated carbocycles. The molecule has 3 rings (SSSR count). The monoisotopic (exact) mass is 463 g/mol. The van der Waals surface area contributed by atoms with E-state index in [1.54, 1.807) is 0 Å². The van der Waals surface area contributed by atoms with Crippen molar-refractivity contribution in [1.82, 2.24) is 9.21 Å². The molecule has 1 saturated heterocycles. The first kappa shape index (κ1) is 23.7. The standard InChI is InChI=1S/C23H30ClN3O3S/c1-4-17(3)19-8-6-7-9-22(19)25-23(28)20-16-18(10-11-21(20)24)31(29,30)27-14-12-26(5-2)13-15-27/h6-11,16-17H,4-5,12-15H2,1-3H3,(H,25,28). The van der Waals surface area contributed by atoms with E-state index in [4.69, 9.17) is 11.6 Å². The average Bonchev–Trinajstić information content (AvgIpc) is 2.79. The third kappa shape index (κ3) is 5.29. The molecule has 1 atom stereocenters. The van der Waals surface area contributed by atoms with Gasteiger partial charge in [0, 0.05) is 31.9 Å². The number of nitrogens with one attached hydrogen (secondary N) is 1. The number of halogens is 1. The predicted molar refractivity (Wildman–Crippen MR) is 125 cm³/mol. The van der Waals surface area contributed by atoms with Crippen molar-refractivity contribution >= 4 is 33.2 Å². The van der Waals surface area contributed by atoms with Crippen LogP contribution in [-0.2, 0) is 10.0 Å². The lowest BCUT2D eigenvalue weighted by Crippen LogP contribution is -2.48. The van der Waals surface area contributed by atoms with Gasteiger partial charge in [-0.15, -0.1) is 0 Å². The predicted octanol–water partition coefficient (Wildman–Crippen LogP) is 4.43. The summed E-state index contributed by atoms with van der Waals surface area (Å²) in [5, 5.41) is 3.13. The zero-order chi connectivity index (χ0) is 22.6. The SMILES string of the molecule is CCC(C)c1ccccc1NC(=O)c1cc(S(=O)(=O)N2CCN(CC)CC2)ccc1Cl. The number of hydrogen-bond donors (Lipinski definition) is 1. The number of hydrogen-bond acceptors (Lipinski definition) is 4. The van der Waals surface area contributed by atoms with Gasteiger partial charge in [0.2, 0.25) is 10.0 Å². The summed E-state index contributed by atoms with van der Waals surface area (Å²) in [6.45, 7) is 9.42. The third-order valence-corrected chi connectivity index (χ3v) is 8.18. The number of likely N-dealkylation sites (N-methyl/N-ethyl adjacent to an activating group) is 1. The highest BCUT2D eigenvalue weighted by Crippen LogP contribution is 2.29. The van der Waals surface area contributed by atoms with Crippen LogP contribution >= 0.6 is 11.6 Å². The van der Waals surface area contributed by atoms with Crippen molar-refractivity contribution in [3.8, 4) is 0 Å². The summed E-state index contributed by atoms with van der Waals surface area (Å²) in [4.78, 5) is 15.3. The van der Waals surface area contributed by atoms with Gasteiger partial charge < -0.3 is 10.2 Å². The molecule has 8 heteroatoms. The molecule has 1 aliphatic rings. The average molecular weight is 464 g/mol. The van der Waals surface area contributed by atoms with E-state index in [9.17, 15) is 13.2 Å². The van der Waals surface area contributed by atoms with Crippen LogP contribution in [0.4, 0.5) is 5.69 Å². The minimum atomic E-state index is -3.70. The van der Waals surface area contributed by atoms with Crippen molar-refractivity contribution < 1.29 is 13.2 Å². The smallest absolute Gasteiger partial charge is 0.257 e. The first-order valence-electron chi connectivity index (χ1n) is 10.7. The van der Waals surface area contributed by atoms with Gasteiger partial charge in [0.15, 0.2) is 0 Å². The maximum atomic E-state index is 13.1. The molecule has 168 valence electrons. The number of rotatable bonds is 7. The highest BCUT2D eigenvalue weighted by molar-refractivity contribution is 7.89. The van der Waals surface area contributed by atoms with Crippen molar-refractivity contribution in [2.24, 2.45) is 0 Å². The molecule has 1 amide bonds. The lowest BCUT2D eigenvalue weighted by molar-refractivity contribution is 0.102. The zero-order valence-electron chi connectivity index (χ0n) is 18.3. The van der Waals surface area contributed by atoms with E-state index >= 15 is 0 Å². The number of nitrogens with zero attached hydrogens (tertiary/aromatic N) is 2. The minimum absolute atomic E-state index is 0.0854. The third-order valence-electron chi connectivity index (χ3n) is 5.95. The molecule has 0 aliphatic carbocycles. The maximum absolute atomic E-state index is 13.1. The van der Waals surface area contributed by atoms with E-state index in [1.165, 1.54) is 22.5 Å². The highest BCUT2D eigenvalue weighted by Gasteiger charge is 2.29. The fraction of sp³-hybridized carbons (Fsp3) is 0.435. The molecule has 1 unspecified atom stereocenters. The van der Waals surface area contributed by atoms with Gasteiger partial charge >= 0.3 is 0 Å². The number of benzene rings is 2. The summed E-state index contributed by atoms with van der Waals surface area (Å²) in [5.41, 5.74) is 1.89. The highest BCUT2D eigenvalue weighted by atomic mass is 35.5.